The summed E-state index contributed by atoms with van der Waals surface area (Å²) in [7, 11) is 0. The molecule has 1 aromatic carbocycles. The van der Waals surface area contributed by atoms with Crippen LogP contribution in [0, 0.1) is 0 Å². The predicted molar refractivity (Wildman–Crippen MR) is 72.4 cm³/mol. The van der Waals surface area contributed by atoms with Crippen molar-refractivity contribution < 1.29 is 4.79 Å². The van der Waals surface area contributed by atoms with Gasteiger partial charge in [-0.1, -0.05) is 19.3 Å². The Hall–Kier alpha value is -1.22. The highest BCUT2D eigenvalue weighted by Gasteiger charge is 2.16. The van der Waals surface area contributed by atoms with E-state index in [4.69, 9.17) is 5.73 Å². The maximum Gasteiger partial charge on any atom is 0.251 e. The first-order valence-electron chi connectivity index (χ1n) is 5.92. The van der Waals surface area contributed by atoms with E-state index in [9.17, 15) is 4.79 Å². The minimum Gasteiger partial charge on any atom is -0.399 e. The summed E-state index contributed by atoms with van der Waals surface area (Å²) < 4.78 is 0. The van der Waals surface area contributed by atoms with Crippen LogP contribution in [0.15, 0.2) is 24.3 Å². The smallest absolute Gasteiger partial charge is 0.251 e. The molecule has 2 rings (SSSR count). The second-order valence-corrected chi connectivity index (χ2v) is 4.43. The number of rotatable bonds is 2. The van der Waals surface area contributed by atoms with Crippen molar-refractivity contribution in [2.45, 2.75) is 38.1 Å². The van der Waals surface area contributed by atoms with Crippen molar-refractivity contribution in [1.29, 1.82) is 0 Å². The average molecular weight is 255 g/mol. The summed E-state index contributed by atoms with van der Waals surface area (Å²) in [4.78, 5) is 11.9. The normalized spacial score (nSPS) is 16.0. The molecule has 0 unspecified atom stereocenters. The Morgan fingerprint density at radius 1 is 1.12 bits per heavy atom. The first-order valence-corrected chi connectivity index (χ1v) is 5.92. The number of nitrogen functional groups attached to an aromatic ring is 1. The molecular weight excluding hydrogens is 236 g/mol. The van der Waals surface area contributed by atoms with E-state index in [0.717, 1.165) is 12.8 Å². The van der Waals surface area contributed by atoms with Gasteiger partial charge >= 0.3 is 0 Å². The number of hydrogen-bond donors (Lipinski definition) is 2. The Morgan fingerprint density at radius 2 is 1.71 bits per heavy atom. The number of carbonyl (C=O) groups excluding carboxylic acids is 1. The van der Waals surface area contributed by atoms with Gasteiger partial charge in [0.25, 0.3) is 5.91 Å². The molecule has 0 spiro atoms. The Balaban J connectivity index is 0.00000144. The van der Waals surface area contributed by atoms with Crippen LogP contribution in [0.2, 0.25) is 0 Å². The van der Waals surface area contributed by atoms with Crippen molar-refractivity contribution >= 4 is 24.0 Å². The monoisotopic (exact) mass is 254 g/mol. The number of nitrogens with two attached hydrogens (primary N) is 1. The van der Waals surface area contributed by atoms with Crippen LogP contribution in [-0.2, 0) is 0 Å². The number of anilines is 1. The lowest BCUT2D eigenvalue weighted by Gasteiger charge is -2.22. The molecule has 0 atom stereocenters. The van der Waals surface area contributed by atoms with Gasteiger partial charge in [-0.05, 0) is 37.1 Å². The summed E-state index contributed by atoms with van der Waals surface area (Å²) in [5.74, 6) is 0.0203. The minimum atomic E-state index is 0. The molecule has 0 bridgehead atoms. The second-order valence-electron chi connectivity index (χ2n) is 4.43. The van der Waals surface area contributed by atoms with E-state index in [-0.39, 0.29) is 18.3 Å². The van der Waals surface area contributed by atoms with Gasteiger partial charge in [-0.15, -0.1) is 12.4 Å². The average Bonchev–Trinajstić information content (AvgIpc) is 2.31. The van der Waals surface area contributed by atoms with E-state index >= 15 is 0 Å². The Morgan fingerprint density at radius 3 is 2.29 bits per heavy atom. The standard InChI is InChI=1S/C13H18N2O.ClH/c14-11-8-6-10(7-9-11)13(16)15-12-4-2-1-3-5-12;/h6-9,12H,1-5,14H2,(H,15,16);1H. The Labute approximate surface area is 108 Å². The molecule has 0 radical (unpaired) electrons. The summed E-state index contributed by atoms with van der Waals surface area (Å²) in [6.07, 6.45) is 5.98. The third kappa shape index (κ3) is 3.93. The Bertz CT molecular complexity index is 358. The predicted octanol–water partition coefficient (Wildman–Crippen LogP) is 2.75. The largest absolute Gasteiger partial charge is 0.399 e. The number of halogens is 1. The molecular formula is C13H19ClN2O. The van der Waals surface area contributed by atoms with Crippen LogP contribution in [0.3, 0.4) is 0 Å². The third-order valence-corrected chi connectivity index (χ3v) is 3.11. The molecule has 0 aliphatic heterocycles. The molecule has 17 heavy (non-hydrogen) atoms. The van der Waals surface area contributed by atoms with E-state index < -0.39 is 0 Å². The maximum atomic E-state index is 11.9. The quantitative estimate of drug-likeness (QED) is 0.798. The van der Waals surface area contributed by atoms with Crippen LogP contribution in [0.25, 0.3) is 0 Å². The molecule has 1 aliphatic rings. The molecule has 1 saturated carbocycles. The molecule has 1 aliphatic carbocycles. The lowest BCUT2D eigenvalue weighted by molar-refractivity contribution is 0.0928. The molecule has 3 nitrogen and oxygen atoms in total. The number of carbonyl (C=O) groups is 1. The summed E-state index contributed by atoms with van der Waals surface area (Å²) in [6.45, 7) is 0. The van der Waals surface area contributed by atoms with Gasteiger partial charge in [0.05, 0.1) is 0 Å². The molecule has 1 aromatic rings. The summed E-state index contributed by atoms with van der Waals surface area (Å²) in [5, 5.41) is 3.07. The maximum absolute atomic E-state index is 11.9. The summed E-state index contributed by atoms with van der Waals surface area (Å²) in [6, 6.07) is 7.42. The van der Waals surface area contributed by atoms with Crippen molar-refractivity contribution in [2.75, 3.05) is 5.73 Å². The van der Waals surface area contributed by atoms with E-state index in [1.807, 2.05) is 0 Å². The first kappa shape index (κ1) is 13.8. The SMILES string of the molecule is Cl.Nc1ccc(C(=O)NC2CCCCC2)cc1. The zero-order chi connectivity index (χ0) is 11.4. The lowest BCUT2D eigenvalue weighted by Crippen LogP contribution is -2.36. The summed E-state index contributed by atoms with van der Waals surface area (Å²) in [5.41, 5.74) is 6.96. The molecule has 4 heteroatoms. The Kier molecular flexibility index (Phi) is 5.29. The lowest BCUT2D eigenvalue weighted by atomic mass is 9.95. The van der Waals surface area contributed by atoms with Gasteiger partial charge < -0.3 is 11.1 Å². The molecule has 1 amide bonds. The van der Waals surface area contributed by atoms with Crippen LogP contribution >= 0.6 is 12.4 Å². The molecule has 0 heterocycles. The molecule has 0 aromatic heterocycles. The van der Waals surface area contributed by atoms with Gasteiger partial charge in [0.15, 0.2) is 0 Å². The van der Waals surface area contributed by atoms with Gasteiger partial charge in [0.1, 0.15) is 0 Å². The van der Waals surface area contributed by atoms with Crippen molar-refractivity contribution in [1.82, 2.24) is 5.32 Å². The van der Waals surface area contributed by atoms with E-state index in [1.54, 1.807) is 24.3 Å². The minimum absolute atomic E-state index is 0. The highest BCUT2D eigenvalue weighted by molar-refractivity contribution is 5.94. The van der Waals surface area contributed by atoms with Crippen LogP contribution in [0.5, 0.6) is 0 Å². The fraction of sp³-hybridized carbons (Fsp3) is 0.462. The topological polar surface area (TPSA) is 55.1 Å². The summed E-state index contributed by atoms with van der Waals surface area (Å²) >= 11 is 0. The highest BCUT2D eigenvalue weighted by Crippen LogP contribution is 2.18. The van der Waals surface area contributed by atoms with E-state index in [2.05, 4.69) is 5.32 Å². The van der Waals surface area contributed by atoms with Crippen molar-refractivity contribution in [2.24, 2.45) is 0 Å². The number of amides is 1. The zero-order valence-electron chi connectivity index (χ0n) is 9.82. The third-order valence-electron chi connectivity index (χ3n) is 3.11. The van der Waals surface area contributed by atoms with Crippen LogP contribution in [-0.4, -0.2) is 11.9 Å². The van der Waals surface area contributed by atoms with Crippen molar-refractivity contribution in [3.8, 4) is 0 Å². The van der Waals surface area contributed by atoms with Crippen LogP contribution in [0.1, 0.15) is 42.5 Å². The molecule has 0 saturated heterocycles. The fourth-order valence-corrected chi connectivity index (χ4v) is 2.15. The molecule has 1 fully saturated rings. The van der Waals surface area contributed by atoms with Gasteiger partial charge in [-0.2, -0.15) is 0 Å². The van der Waals surface area contributed by atoms with Crippen molar-refractivity contribution in [3.63, 3.8) is 0 Å². The first-order chi connectivity index (χ1) is 7.75. The van der Waals surface area contributed by atoms with Crippen LogP contribution < -0.4 is 11.1 Å². The number of nitrogens with one attached hydrogen (secondary N) is 1. The van der Waals surface area contributed by atoms with Crippen molar-refractivity contribution in [3.05, 3.63) is 29.8 Å². The van der Waals surface area contributed by atoms with Gasteiger partial charge in [-0.25, -0.2) is 0 Å². The highest BCUT2D eigenvalue weighted by atomic mass is 35.5. The molecule has 94 valence electrons. The van der Waals surface area contributed by atoms with Crippen LogP contribution in [0.4, 0.5) is 5.69 Å². The van der Waals surface area contributed by atoms with Gasteiger partial charge in [0.2, 0.25) is 0 Å². The van der Waals surface area contributed by atoms with E-state index in [1.165, 1.54) is 19.3 Å². The number of hydrogen-bond acceptors (Lipinski definition) is 2. The number of benzene rings is 1. The zero-order valence-corrected chi connectivity index (χ0v) is 10.6. The van der Waals surface area contributed by atoms with Gasteiger partial charge in [-0.3, -0.25) is 4.79 Å². The second kappa shape index (κ2) is 6.50. The molecule has 3 N–H and O–H groups in total. The van der Waals surface area contributed by atoms with Gasteiger partial charge in [0, 0.05) is 17.3 Å². The van der Waals surface area contributed by atoms with E-state index in [0.29, 0.717) is 17.3 Å². The fourth-order valence-electron chi connectivity index (χ4n) is 2.15.